The summed E-state index contributed by atoms with van der Waals surface area (Å²) in [5.74, 6) is -0.687. The van der Waals surface area contributed by atoms with E-state index in [2.05, 4.69) is 10.4 Å². The fourth-order valence-electron chi connectivity index (χ4n) is 3.72. The predicted molar refractivity (Wildman–Crippen MR) is 110 cm³/mol. The first kappa shape index (κ1) is 20.6. The molecule has 0 aliphatic carbocycles. The normalized spacial score (nSPS) is 20.8. The van der Waals surface area contributed by atoms with Crippen molar-refractivity contribution in [2.75, 3.05) is 23.4 Å². The maximum Gasteiger partial charge on any atom is 0.322 e. The Balaban J connectivity index is 1.56. The molecule has 3 amide bonds. The molecule has 1 N–H and O–H groups in total. The van der Waals surface area contributed by atoms with Gasteiger partial charge in [0.1, 0.15) is 12.4 Å². The molecular formula is C20H23ClFN5O3. The molecule has 8 nitrogen and oxygen atoms in total. The van der Waals surface area contributed by atoms with Crippen molar-refractivity contribution < 1.29 is 18.7 Å². The van der Waals surface area contributed by atoms with Gasteiger partial charge in [-0.1, -0.05) is 11.6 Å². The third-order valence-electron chi connectivity index (χ3n) is 5.36. The Hall–Kier alpha value is -2.65. The highest BCUT2D eigenvalue weighted by Gasteiger charge is 2.37. The van der Waals surface area contributed by atoms with Crippen molar-refractivity contribution in [1.82, 2.24) is 14.7 Å². The van der Waals surface area contributed by atoms with Crippen LogP contribution >= 0.6 is 11.6 Å². The van der Waals surface area contributed by atoms with Gasteiger partial charge in [-0.25, -0.2) is 9.18 Å². The Morgan fingerprint density at radius 3 is 2.90 bits per heavy atom. The van der Waals surface area contributed by atoms with Gasteiger partial charge < -0.3 is 19.9 Å². The molecule has 1 atom stereocenters. The number of urea groups is 1. The first-order valence-corrected chi connectivity index (χ1v) is 10.0. The monoisotopic (exact) mass is 435 g/mol. The average molecular weight is 436 g/mol. The maximum absolute atomic E-state index is 13.4. The highest BCUT2D eigenvalue weighted by molar-refractivity contribution is 6.31. The van der Waals surface area contributed by atoms with E-state index in [4.69, 9.17) is 16.3 Å². The Morgan fingerprint density at radius 1 is 1.40 bits per heavy atom. The molecule has 30 heavy (non-hydrogen) atoms. The fourth-order valence-corrected chi connectivity index (χ4v) is 3.90. The average Bonchev–Trinajstić information content (AvgIpc) is 3.08. The highest BCUT2D eigenvalue weighted by atomic mass is 35.5. The number of carbonyl (C=O) groups excluding carboxylic acids is 2. The lowest BCUT2D eigenvalue weighted by atomic mass is 10.1. The summed E-state index contributed by atoms with van der Waals surface area (Å²) in [6.45, 7) is 6.96. The standard InChI is InChI=1S/C20H23ClFN5O3/c1-12-8-27-17(16(7-23-27)26-11-20(2,3)30-10-18(26)28)9-25(12)19(29)24-13-4-5-15(22)14(21)6-13/h4-7,12H,8-11H2,1-3H3,(H,24,29)/t12-/m0/s1. The van der Waals surface area contributed by atoms with E-state index < -0.39 is 11.4 Å². The van der Waals surface area contributed by atoms with Gasteiger partial charge in [0.05, 0.1) is 53.9 Å². The SMILES string of the molecule is C[C@H]1Cn2ncc(N3CC(C)(C)OCC3=O)c2CN1C(=O)Nc1ccc(F)c(Cl)c1. The molecule has 1 aromatic carbocycles. The van der Waals surface area contributed by atoms with Gasteiger partial charge >= 0.3 is 6.03 Å². The van der Waals surface area contributed by atoms with Crippen LogP contribution in [0.1, 0.15) is 26.5 Å². The summed E-state index contributed by atoms with van der Waals surface area (Å²) in [5, 5.41) is 7.13. The molecule has 0 unspecified atom stereocenters. The molecule has 2 aromatic rings. The Bertz CT molecular complexity index is 1010. The molecule has 0 bridgehead atoms. The zero-order valence-corrected chi connectivity index (χ0v) is 17.7. The van der Waals surface area contributed by atoms with E-state index >= 15 is 0 Å². The summed E-state index contributed by atoms with van der Waals surface area (Å²) in [6.07, 6.45) is 1.67. The van der Waals surface area contributed by atoms with Gasteiger partial charge in [0.15, 0.2) is 0 Å². The summed E-state index contributed by atoms with van der Waals surface area (Å²) >= 11 is 5.81. The Kier molecular flexibility index (Phi) is 5.19. The van der Waals surface area contributed by atoms with Crippen LogP contribution in [0.5, 0.6) is 0 Å². The molecule has 0 radical (unpaired) electrons. The number of hydrogen-bond acceptors (Lipinski definition) is 4. The summed E-state index contributed by atoms with van der Waals surface area (Å²) < 4.78 is 20.8. The zero-order valence-electron chi connectivity index (χ0n) is 17.0. The molecule has 160 valence electrons. The Morgan fingerprint density at radius 2 is 2.17 bits per heavy atom. The van der Waals surface area contributed by atoms with E-state index in [1.807, 2.05) is 25.5 Å². The number of carbonyl (C=O) groups is 2. The minimum atomic E-state index is -0.548. The van der Waals surface area contributed by atoms with Gasteiger partial charge in [0.25, 0.3) is 5.91 Å². The van der Waals surface area contributed by atoms with Crippen molar-refractivity contribution in [3.63, 3.8) is 0 Å². The molecule has 4 rings (SSSR count). The van der Waals surface area contributed by atoms with Crippen LogP contribution in [-0.2, 0) is 22.6 Å². The van der Waals surface area contributed by atoms with Crippen LogP contribution in [0.15, 0.2) is 24.4 Å². The number of nitrogens with one attached hydrogen (secondary N) is 1. The number of halogens is 2. The molecule has 2 aliphatic heterocycles. The zero-order chi connectivity index (χ0) is 21.6. The fraction of sp³-hybridized carbons (Fsp3) is 0.450. The quantitative estimate of drug-likeness (QED) is 0.785. The van der Waals surface area contributed by atoms with Gasteiger partial charge in [-0.2, -0.15) is 5.10 Å². The van der Waals surface area contributed by atoms with Crippen molar-refractivity contribution >= 4 is 34.9 Å². The summed E-state index contributed by atoms with van der Waals surface area (Å²) in [7, 11) is 0. The van der Waals surface area contributed by atoms with Gasteiger partial charge in [-0.05, 0) is 39.0 Å². The molecule has 10 heteroatoms. The van der Waals surface area contributed by atoms with E-state index in [0.717, 1.165) is 5.69 Å². The van der Waals surface area contributed by atoms with E-state index in [1.54, 1.807) is 16.0 Å². The molecule has 1 aromatic heterocycles. The second-order valence-corrected chi connectivity index (χ2v) is 8.63. The number of amides is 3. The van der Waals surface area contributed by atoms with Crippen molar-refractivity contribution in [2.45, 2.75) is 45.5 Å². The van der Waals surface area contributed by atoms with Crippen LogP contribution in [0.4, 0.5) is 20.6 Å². The van der Waals surface area contributed by atoms with Gasteiger partial charge in [0.2, 0.25) is 0 Å². The third-order valence-corrected chi connectivity index (χ3v) is 5.65. The van der Waals surface area contributed by atoms with Crippen LogP contribution in [-0.4, -0.2) is 51.4 Å². The van der Waals surface area contributed by atoms with Gasteiger partial charge in [-0.3, -0.25) is 9.48 Å². The largest absolute Gasteiger partial charge is 0.364 e. The molecule has 1 fully saturated rings. The molecule has 2 aliphatic rings. The topological polar surface area (TPSA) is 79.7 Å². The van der Waals surface area contributed by atoms with E-state index in [9.17, 15) is 14.0 Å². The number of aromatic nitrogens is 2. The predicted octanol–water partition coefficient (Wildman–Crippen LogP) is 3.25. The summed E-state index contributed by atoms with van der Waals surface area (Å²) in [4.78, 5) is 28.7. The second-order valence-electron chi connectivity index (χ2n) is 8.22. The first-order chi connectivity index (χ1) is 14.1. The third kappa shape index (κ3) is 3.87. The molecule has 3 heterocycles. The number of rotatable bonds is 2. The van der Waals surface area contributed by atoms with Crippen LogP contribution < -0.4 is 10.2 Å². The van der Waals surface area contributed by atoms with Crippen LogP contribution in [0.2, 0.25) is 5.02 Å². The lowest BCUT2D eigenvalue weighted by Crippen LogP contribution is -2.52. The number of fused-ring (bicyclic) bond motifs is 1. The summed E-state index contributed by atoms with van der Waals surface area (Å²) in [5.41, 5.74) is 1.41. The molecule has 1 saturated heterocycles. The van der Waals surface area contributed by atoms with Crippen molar-refractivity contribution in [3.05, 3.63) is 40.9 Å². The number of morpholine rings is 1. The maximum atomic E-state index is 13.4. The van der Waals surface area contributed by atoms with Crippen molar-refractivity contribution in [2.24, 2.45) is 0 Å². The van der Waals surface area contributed by atoms with E-state index in [-0.39, 0.29) is 36.2 Å². The minimum absolute atomic E-state index is 0.00352. The summed E-state index contributed by atoms with van der Waals surface area (Å²) in [6, 6.07) is 3.57. The van der Waals surface area contributed by atoms with Crippen LogP contribution in [0.3, 0.4) is 0 Å². The lowest BCUT2D eigenvalue weighted by molar-refractivity contribution is -0.135. The number of nitrogens with zero attached hydrogens (tertiary/aromatic N) is 4. The van der Waals surface area contributed by atoms with Crippen LogP contribution in [0.25, 0.3) is 0 Å². The number of anilines is 2. The van der Waals surface area contributed by atoms with Crippen molar-refractivity contribution in [1.29, 1.82) is 0 Å². The first-order valence-electron chi connectivity index (χ1n) is 9.66. The lowest BCUT2D eigenvalue weighted by Gasteiger charge is -2.39. The van der Waals surface area contributed by atoms with E-state index in [1.165, 1.54) is 18.2 Å². The van der Waals surface area contributed by atoms with Crippen molar-refractivity contribution in [3.8, 4) is 0 Å². The smallest absolute Gasteiger partial charge is 0.322 e. The van der Waals surface area contributed by atoms with Gasteiger partial charge in [0, 0.05) is 5.69 Å². The Labute approximate surface area is 178 Å². The van der Waals surface area contributed by atoms with Gasteiger partial charge in [-0.15, -0.1) is 0 Å². The number of hydrogen-bond donors (Lipinski definition) is 1. The number of benzene rings is 1. The minimum Gasteiger partial charge on any atom is -0.364 e. The highest BCUT2D eigenvalue weighted by Crippen LogP contribution is 2.31. The molecular weight excluding hydrogens is 413 g/mol. The van der Waals surface area contributed by atoms with E-state index in [0.29, 0.717) is 24.5 Å². The second kappa shape index (κ2) is 7.55. The molecule has 0 saturated carbocycles. The van der Waals surface area contributed by atoms with Crippen LogP contribution in [0, 0.1) is 5.82 Å². The molecule has 0 spiro atoms. The number of ether oxygens (including phenoxy) is 1.